The number of rotatable bonds is 4. The average Bonchev–Trinajstić information content (AvgIpc) is 3.55. The number of aromatic nitrogens is 4. The highest BCUT2D eigenvalue weighted by molar-refractivity contribution is 7.89. The molecule has 40 heavy (non-hydrogen) atoms. The molecule has 0 aliphatic carbocycles. The molecule has 0 radical (unpaired) electrons. The van der Waals surface area contributed by atoms with E-state index >= 15 is 0 Å². The number of guanidine groups is 1. The Morgan fingerprint density at radius 1 is 1.10 bits per heavy atom. The molecule has 6 rings (SSSR count). The first-order chi connectivity index (χ1) is 19.1. The number of nitrogens with zero attached hydrogens (tertiary/aromatic N) is 5. The first-order valence-corrected chi connectivity index (χ1v) is 14.5. The molecule has 2 aromatic carbocycles. The number of H-pyrrole nitrogens is 1. The summed E-state index contributed by atoms with van der Waals surface area (Å²) in [4.78, 5) is 32.9. The van der Waals surface area contributed by atoms with Gasteiger partial charge in [0.05, 0.1) is 27.2 Å². The van der Waals surface area contributed by atoms with E-state index in [0.717, 1.165) is 5.56 Å². The van der Waals surface area contributed by atoms with E-state index in [2.05, 4.69) is 35.6 Å². The lowest BCUT2D eigenvalue weighted by atomic mass is 9.90. The molecule has 5 N–H and O–H groups in total. The van der Waals surface area contributed by atoms with Crippen LogP contribution in [0, 0.1) is 6.92 Å². The number of amides is 1. The molecule has 0 saturated carbocycles. The van der Waals surface area contributed by atoms with Crippen molar-refractivity contribution < 1.29 is 13.2 Å². The van der Waals surface area contributed by atoms with Crippen molar-refractivity contribution in [2.45, 2.75) is 30.2 Å². The number of imidazole rings is 1. The molecular weight excluding hydrogens is 554 g/mol. The van der Waals surface area contributed by atoms with Gasteiger partial charge in [-0.3, -0.25) is 4.79 Å². The number of nitrogens with one attached hydrogen (secondary N) is 3. The minimum atomic E-state index is -3.72. The van der Waals surface area contributed by atoms with Gasteiger partial charge in [-0.2, -0.15) is 9.30 Å². The predicted octanol–water partition coefficient (Wildman–Crippen LogP) is 2.48. The standard InChI is InChI=1S/C26H26ClN9O3S/c1-15-20(33-21(27)22(28)30-15)24(37)34-25-29-14-26(35-25)9-11-36(12-10-26)40(38,39)17-7-8-18-19(13-17)32-23(31-18)16-5-3-2-4-6-16/h2-8,13H,9-12,14H2,1H3,(H2,28,30)(H,31,32)(H2,29,34,35,37). The molecule has 1 spiro atoms. The number of hydrogen-bond donors (Lipinski definition) is 4. The Kier molecular flexibility index (Phi) is 6.44. The van der Waals surface area contributed by atoms with Crippen LogP contribution < -0.4 is 16.4 Å². The van der Waals surface area contributed by atoms with Crippen molar-refractivity contribution in [3.8, 4) is 11.4 Å². The van der Waals surface area contributed by atoms with Gasteiger partial charge in [0.25, 0.3) is 0 Å². The Morgan fingerprint density at radius 2 is 1.85 bits per heavy atom. The maximum atomic E-state index is 13.5. The van der Waals surface area contributed by atoms with E-state index in [1.165, 1.54) is 4.31 Å². The van der Waals surface area contributed by atoms with E-state index < -0.39 is 21.5 Å². The van der Waals surface area contributed by atoms with Gasteiger partial charge in [0, 0.05) is 25.2 Å². The smallest absolute Gasteiger partial charge is 0.300 e. The SMILES string of the molecule is Cc1nc(N)c(Cl)nc1C(=O)/N=C1\NCC2(CCN(S(=O)(=O)c3ccc4nc(-c5ccccc5)[nH]c4c3)CC2)N1. The molecule has 1 amide bonds. The zero-order chi connectivity index (χ0) is 28.1. The fourth-order valence-electron chi connectivity index (χ4n) is 5.02. The number of carbonyl (C=O) groups excluding carboxylic acids is 1. The number of anilines is 1. The van der Waals surface area contributed by atoms with Crippen LogP contribution in [-0.4, -0.2) is 69.7 Å². The van der Waals surface area contributed by atoms with Gasteiger partial charge in [-0.15, -0.1) is 0 Å². The summed E-state index contributed by atoms with van der Waals surface area (Å²) in [6.45, 7) is 2.73. The highest BCUT2D eigenvalue weighted by Gasteiger charge is 2.42. The lowest BCUT2D eigenvalue weighted by Crippen LogP contribution is -2.53. The first kappa shape index (κ1) is 26.2. The lowest BCUT2D eigenvalue weighted by molar-refractivity contribution is 0.0996. The van der Waals surface area contributed by atoms with Gasteiger partial charge in [0.1, 0.15) is 5.82 Å². The van der Waals surface area contributed by atoms with Crippen LogP contribution in [0.4, 0.5) is 5.82 Å². The Labute approximate surface area is 235 Å². The number of nitrogens with two attached hydrogens (primary N) is 1. The molecule has 14 heteroatoms. The van der Waals surface area contributed by atoms with Crippen LogP contribution >= 0.6 is 11.6 Å². The van der Waals surface area contributed by atoms with Gasteiger partial charge in [-0.1, -0.05) is 41.9 Å². The van der Waals surface area contributed by atoms with Gasteiger partial charge in [-0.05, 0) is 38.0 Å². The third-order valence-electron chi connectivity index (χ3n) is 7.26. The lowest BCUT2D eigenvalue weighted by Gasteiger charge is -2.37. The Hall–Kier alpha value is -4.07. The average molecular weight is 580 g/mol. The monoisotopic (exact) mass is 579 g/mol. The molecule has 2 fully saturated rings. The van der Waals surface area contributed by atoms with E-state index in [4.69, 9.17) is 17.3 Å². The maximum absolute atomic E-state index is 13.5. The van der Waals surface area contributed by atoms with E-state index in [9.17, 15) is 13.2 Å². The molecule has 2 aliphatic rings. The fourth-order valence-corrected chi connectivity index (χ4v) is 6.62. The second-order valence-corrected chi connectivity index (χ2v) is 12.2. The number of aliphatic imine (C=N–C) groups is 1. The summed E-state index contributed by atoms with van der Waals surface area (Å²) >= 11 is 5.92. The number of halogens is 1. The van der Waals surface area contributed by atoms with E-state index in [0.29, 0.717) is 61.0 Å². The molecule has 2 aliphatic heterocycles. The number of hydrogen-bond acceptors (Lipinski definition) is 7. The molecule has 206 valence electrons. The van der Waals surface area contributed by atoms with Crippen LogP contribution in [-0.2, 0) is 10.0 Å². The normalized spacial score (nSPS) is 18.2. The van der Waals surface area contributed by atoms with Gasteiger partial charge in [0.2, 0.25) is 10.0 Å². The number of aromatic amines is 1. The van der Waals surface area contributed by atoms with Gasteiger partial charge in [-0.25, -0.2) is 23.4 Å². The molecule has 4 heterocycles. The maximum Gasteiger partial charge on any atom is 0.300 e. The van der Waals surface area contributed by atoms with Gasteiger partial charge < -0.3 is 21.4 Å². The second kappa shape index (κ2) is 9.84. The summed E-state index contributed by atoms with van der Waals surface area (Å²) in [5.74, 6) is 0.419. The van der Waals surface area contributed by atoms with Crippen molar-refractivity contribution in [1.82, 2.24) is 34.9 Å². The Balaban J connectivity index is 1.14. The molecule has 4 aromatic rings. The van der Waals surface area contributed by atoms with Crippen LogP contribution in [0.5, 0.6) is 0 Å². The molecule has 0 unspecified atom stereocenters. The molecule has 0 bridgehead atoms. The Morgan fingerprint density at radius 3 is 2.60 bits per heavy atom. The predicted molar refractivity (Wildman–Crippen MR) is 151 cm³/mol. The summed E-state index contributed by atoms with van der Waals surface area (Å²) in [6.07, 6.45) is 1.06. The number of carbonyl (C=O) groups is 1. The molecule has 12 nitrogen and oxygen atoms in total. The van der Waals surface area contributed by atoms with Crippen LogP contribution in [0.3, 0.4) is 0 Å². The van der Waals surface area contributed by atoms with Crippen molar-refractivity contribution in [2.75, 3.05) is 25.4 Å². The first-order valence-electron chi connectivity index (χ1n) is 12.6. The van der Waals surface area contributed by atoms with Gasteiger partial charge >= 0.3 is 5.91 Å². The van der Waals surface area contributed by atoms with Crippen molar-refractivity contribution in [3.63, 3.8) is 0 Å². The highest BCUT2D eigenvalue weighted by atomic mass is 35.5. The largest absolute Gasteiger partial charge is 0.381 e. The van der Waals surface area contributed by atoms with Crippen LogP contribution in [0.25, 0.3) is 22.4 Å². The van der Waals surface area contributed by atoms with E-state index in [-0.39, 0.29) is 21.6 Å². The topological polar surface area (TPSA) is 171 Å². The van der Waals surface area contributed by atoms with Crippen molar-refractivity contribution >= 4 is 50.3 Å². The van der Waals surface area contributed by atoms with Crippen molar-refractivity contribution in [3.05, 3.63) is 65.1 Å². The summed E-state index contributed by atoms with van der Waals surface area (Å²) in [5, 5.41) is 6.34. The summed E-state index contributed by atoms with van der Waals surface area (Å²) in [6, 6.07) is 14.6. The van der Waals surface area contributed by atoms with Gasteiger partial charge in [0.15, 0.2) is 22.6 Å². The third-order valence-corrected chi connectivity index (χ3v) is 9.44. The minimum Gasteiger partial charge on any atom is -0.381 e. The second-order valence-electron chi connectivity index (χ2n) is 9.89. The highest BCUT2D eigenvalue weighted by Crippen LogP contribution is 2.30. The summed E-state index contributed by atoms with van der Waals surface area (Å²) in [5.41, 5.74) is 7.83. The number of sulfonamides is 1. The van der Waals surface area contributed by atoms with Crippen LogP contribution in [0.2, 0.25) is 5.15 Å². The third kappa shape index (κ3) is 4.76. The number of fused-ring (bicyclic) bond motifs is 1. The summed E-state index contributed by atoms with van der Waals surface area (Å²) in [7, 11) is -3.72. The zero-order valence-electron chi connectivity index (χ0n) is 21.5. The molecular formula is C26H26ClN9O3S. The molecule has 0 atom stereocenters. The van der Waals surface area contributed by atoms with E-state index in [1.54, 1.807) is 25.1 Å². The molecule has 2 saturated heterocycles. The molecule has 2 aromatic heterocycles. The Bertz CT molecular complexity index is 1760. The van der Waals surface area contributed by atoms with Crippen LogP contribution in [0.1, 0.15) is 29.0 Å². The summed E-state index contributed by atoms with van der Waals surface area (Å²) < 4.78 is 28.5. The number of piperidine rings is 1. The van der Waals surface area contributed by atoms with Crippen LogP contribution in [0.15, 0.2) is 58.4 Å². The van der Waals surface area contributed by atoms with Crippen molar-refractivity contribution in [2.24, 2.45) is 4.99 Å². The van der Waals surface area contributed by atoms with Crippen molar-refractivity contribution in [1.29, 1.82) is 0 Å². The number of nitrogen functional groups attached to an aromatic ring is 1. The number of aryl methyl sites for hydroxylation is 1. The zero-order valence-corrected chi connectivity index (χ0v) is 23.1. The quantitative estimate of drug-likeness (QED) is 0.283. The van der Waals surface area contributed by atoms with E-state index in [1.807, 2.05) is 30.3 Å². The fraction of sp³-hybridized carbons (Fsp3) is 0.269. The number of benzene rings is 2. The minimum absolute atomic E-state index is 0.0160.